The first kappa shape index (κ1) is 121. The molecular weight excluding hydrogens is 1660 g/mol. The number of aliphatic hydroxyl groups is 2. The quantitative estimate of drug-likeness (QED) is 0.229. The largest absolute Gasteiger partial charge is 3.00 e. The molecule has 0 aromatic heterocycles. The van der Waals surface area contributed by atoms with Gasteiger partial charge in [-0.1, -0.05) is 166 Å². The van der Waals surface area contributed by atoms with Crippen molar-refractivity contribution in [2.75, 3.05) is 66.7 Å². The number of hydrogen-bond acceptors (Lipinski definition) is 24. The Morgan fingerprint density at radius 1 is 0.282 bits per heavy atom. The third kappa shape index (κ3) is 119. The van der Waals surface area contributed by atoms with E-state index in [4.69, 9.17) is 10.2 Å². The van der Waals surface area contributed by atoms with Gasteiger partial charge in [0.2, 0.25) is 0 Å². The molecule has 0 rings (SSSR count). The van der Waals surface area contributed by atoms with Crippen LogP contribution in [0.25, 0.3) is 0 Å². The van der Waals surface area contributed by atoms with E-state index in [0.717, 1.165) is 0 Å². The van der Waals surface area contributed by atoms with Gasteiger partial charge in [-0.25, -0.2) is 0 Å². The maximum atomic E-state index is 9.91. The number of carboxylic acid groups (broad SMARTS) is 8. The number of carboxylic acids is 8. The minimum absolute atomic E-state index is 0. The van der Waals surface area contributed by atoms with Crippen LogP contribution in [0.5, 0.6) is 0 Å². The maximum Gasteiger partial charge on any atom is 3.00 e. The molecular formula is C50H98N2O22Tm4. The van der Waals surface area contributed by atoms with E-state index in [1.807, 2.05) is 14.1 Å². The van der Waals surface area contributed by atoms with Crippen molar-refractivity contribution >= 4 is 47.8 Å². The molecule has 4 N–H and O–H groups in total. The summed E-state index contributed by atoms with van der Waals surface area (Å²) in [5.74, 6) is -8.06. The second-order valence-corrected chi connectivity index (χ2v) is 23.8. The van der Waals surface area contributed by atoms with Crippen molar-refractivity contribution in [3.8, 4) is 0 Å². The minimum Gasteiger partial charge on any atom is -0.870 e. The van der Waals surface area contributed by atoms with Gasteiger partial charge in [0, 0.05) is 104 Å². The summed E-state index contributed by atoms with van der Waals surface area (Å²) in [4.78, 5) is 82.9. The van der Waals surface area contributed by atoms with Crippen molar-refractivity contribution in [1.82, 2.24) is 9.80 Å². The minimum atomic E-state index is -1.01. The molecule has 0 spiro atoms. The standard InChI is InChI=1S/2C5H12NO2.8C5H10O2.2H2O.4Tm/c2*1-6(2-4-7)3-5-8;8*1-5(2,3)4(6)7;;;;;;/h2*7H,2-5H2,1H3;8*1-3H3,(H,6,7);2*1H2;;;;/q2*-1;;;;;;;;;;;4*+3/p-10. The normalized spacial score (nSPS) is 10.3. The Kier molecular flexibility index (Phi) is 93.5. The molecule has 0 amide bonds. The van der Waals surface area contributed by atoms with Gasteiger partial charge < -0.3 is 120 Å². The predicted molar refractivity (Wildman–Crippen MR) is 258 cm³/mol. The van der Waals surface area contributed by atoms with Crippen molar-refractivity contribution in [3.05, 3.63) is 0 Å². The van der Waals surface area contributed by atoms with Crippen molar-refractivity contribution in [1.29, 1.82) is 0 Å². The smallest absolute Gasteiger partial charge is 0.870 e. The van der Waals surface area contributed by atoms with Crippen molar-refractivity contribution in [2.24, 2.45) is 43.3 Å². The van der Waals surface area contributed by atoms with Crippen LogP contribution >= 0.6 is 0 Å². The molecule has 0 radical (unpaired) electrons. The van der Waals surface area contributed by atoms with Gasteiger partial charge in [-0.2, -0.15) is 0 Å². The molecule has 0 aliphatic heterocycles. The Balaban J connectivity index is -0.0000000388. The first-order valence-electron chi connectivity index (χ1n) is 22.6. The zero-order valence-electron chi connectivity index (χ0n) is 50.8. The van der Waals surface area contributed by atoms with Gasteiger partial charge in [-0.15, -0.1) is 13.2 Å². The molecule has 0 aromatic carbocycles. The molecule has 24 nitrogen and oxygen atoms in total. The second-order valence-electron chi connectivity index (χ2n) is 23.8. The zero-order chi connectivity index (χ0) is 61.4. The molecule has 492 valence electrons. The number of carbonyl (C=O) groups is 8. The molecule has 0 fully saturated rings. The van der Waals surface area contributed by atoms with Crippen molar-refractivity contribution < 1.29 is 258 Å². The molecule has 0 aromatic rings. The first-order chi connectivity index (χ1) is 31.2. The number of rotatable bonds is 8. The molecule has 0 aliphatic carbocycles. The summed E-state index contributed by atoms with van der Waals surface area (Å²) in [5.41, 5.74) is -5.56. The van der Waals surface area contributed by atoms with Crippen LogP contribution in [0.1, 0.15) is 166 Å². The Morgan fingerprint density at radius 2 is 0.359 bits per heavy atom. The van der Waals surface area contributed by atoms with Gasteiger partial charge in [-0.3, -0.25) is 0 Å². The summed E-state index contributed by atoms with van der Waals surface area (Å²) in [6.07, 6.45) is 0. The van der Waals surface area contributed by atoms with Crippen LogP contribution in [0.3, 0.4) is 0 Å². The fraction of sp³-hybridized carbons (Fsp3) is 0.840. The van der Waals surface area contributed by atoms with Crippen LogP contribution < -0.4 is 51.1 Å². The third-order valence-electron chi connectivity index (χ3n) is 6.81. The molecule has 0 unspecified atom stereocenters. The fourth-order valence-corrected chi connectivity index (χ4v) is 0.877. The van der Waals surface area contributed by atoms with Crippen molar-refractivity contribution in [3.63, 3.8) is 0 Å². The Labute approximate surface area is 584 Å². The molecule has 0 aliphatic rings. The van der Waals surface area contributed by atoms with Crippen LogP contribution in [0, 0.1) is 191 Å². The van der Waals surface area contributed by atoms with Gasteiger partial charge >= 0.3 is 147 Å². The van der Waals surface area contributed by atoms with E-state index in [0.29, 0.717) is 26.2 Å². The van der Waals surface area contributed by atoms with Gasteiger partial charge in [0.25, 0.3) is 0 Å². The van der Waals surface area contributed by atoms with Crippen LogP contribution in [-0.2, 0) is 38.4 Å². The fourth-order valence-electron chi connectivity index (χ4n) is 0.877. The third-order valence-corrected chi connectivity index (χ3v) is 6.81. The number of aliphatic carboxylic acids is 8. The van der Waals surface area contributed by atoms with E-state index in [9.17, 15) is 89.4 Å². The Bertz CT molecular complexity index is 1170. The van der Waals surface area contributed by atoms with Gasteiger partial charge in [0.1, 0.15) is 0 Å². The average Bonchev–Trinajstić information content (AvgIpc) is 3.11. The molecule has 0 bridgehead atoms. The Morgan fingerprint density at radius 3 is 0.397 bits per heavy atom. The van der Waals surface area contributed by atoms with Crippen LogP contribution in [0.2, 0.25) is 0 Å². The average molecular weight is 1760 g/mol. The molecule has 0 saturated carbocycles. The van der Waals surface area contributed by atoms with Crippen molar-refractivity contribution in [2.45, 2.75) is 166 Å². The van der Waals surface area contributed by atoms with E-state index in [1.165, 1.54) is 0 Å². The first-order valence-corrected chi connectivity index (χ1v) is 22.6. The predicted octanol–water partition coefficient (Wildman–Crippen LogP) is -5.55. The summed E-state index contributed by atoms with van der Waals surface area (Å²) in [7, 11) is 3.63. The number of aliphatic hydroxyl groups excluding tert-OH is 2. The molecule has 0 atom stereocenters. The van der Waals surface area contributed by atoms with E-state index >= 15 is 0 Å². The number of carbonyl (C=O) groups excluding carboxylic acids is 8. The van der Waals surface area contributed by atoms with Gasteiger partial charge in [0.05, 0.1) is 13.2 Å². The van der Waals surface area contributed by atoms with Crippen LogP contribution in [-0.4, -0.2) is 145 Å². The zero-order valence-corrected chi connectivity index (χ0v) is 57.9. The van der Waals surface area contributed by atoms with Gasteiger partial charge in [0.15, 0.2) is 0 Å². The number of likely N-dealkylation sites (N-methyl/N-ethyl adjacent to an activating group) is 2. The van der Waals surface area contributed by atoms with E-state index in [2.05, 4.69) is 0 Å². The van der Waals surface area contributed by atoms with E-state index in [-0.39, 0.29) is 185 Å². The van der Waals surface area contributed by atoms with E-state index in [1.54, 1.807) is 176 Å². The maximum absolute atomic E-state index is 9.91. The summed E-state index contributed by atoms with van der Waals surface area (Å²) in [5, 5.41) is 116. The summed E-state index contributed by atoms with van der Waals surface area (Å²) < 4.78 is 0. The number of nitrogens with zero attached hydrogens (tertiary/aromatic N) is 2. The topological polar surface area (TPSA) is 474 Å². The summed E-state index contributed by atoms with van der Waals surface area (Å²) >= 11 is 0. The Hall–Kier alpha value is 0.375. The number of hydrogen-bond donors (Lipinski definition) is 2. The summed E-state index contributed by atoms with van der Waals surface area (Å²) in [6.45, 7) is 40.7. The SMILES string of the molecule is CC(C)(C)C(=O)[O-].CC(C)(C)C(=O)[O-].CC(C)(C)C(=O)[O-].CC(C)(C)C(=O)[O-].CC(C)(C)C(=O)[O-].CC(C)(C)C(=O)[O-].CC(C)(C)C(=O)[O-].CC(C)(C)C(=O)[O-].CN(CC[O-])CCO.CN(CC[O-])CCO.[OH-].[OH-].[Tm+3].[Tm+3].[Tm+3].[Tm+3]. The second kappa shape index (κ2) is 60.5. The van der Waals surface area contributed by atoms with Crippen LogP contribution in [0.4, 0.5) is 0 Å². The molecule has 28 heteroatoms. The van der Waals surface area contributed by atoms with Gasteiger partial charge in [-0.05, 0) is 27.2 Å². The summed E-state index contributed by atoms with van der Waals surface area (Å²) in [6, 6.07) is 0. The molecule has 78 heavy (non-hydrogen) atoms. The monoisotopic (exact) mass is 1750 g/mol. The molecule has 0 saturated heterocycles. The molecule has 0 heterocycles. The van der Waals surface area contributed by atoms with E-state index < -0.39 is 91.1 Å². The van der Waals surface area contributed by atoms with Crippen LogP contribution in [0.15, 0.2) is 0 Å².